The second-order valence-electron chi connectivity index (χ2n) is 4.02. The molecule has 0 aromatic carbocycles. The monoisotopic (exact) mass is 280 g/mol. The van der Waals surface area contributed by atoms with Crippen molar-refractivity contribution in [1.29, 1.82) is 0 Å². The van der Waals surface area contributed by atoms with Crippen LogP contribution >= 0.6 is 15.9 Å². The number of hydrogen-bond donors (Lipinski definition) is 0. The van der Waals surface area contributed by atoms with Gasteiger partial charge in [0.15, 0.2) is 0 Å². The standard InChI is InChI=1S/C12H13BrN2O/c1-3-9-5-11(16)15(7-9)12-10(13)4-8(2)6-14-12/h3-4,6,9H,1,5,7H2,2H3. The van der Waals surface area contributed by atoms with E-state index in [0.717, 1.165) is 10.0 Å². The van der Waals surface area contributed by atoms with E-state index in [4.69, 9.17) is 0 Å². The molecule has 3 nitrogen and oxygen atoms in total. The Morgan fingerprint density at radius 2 is 2.44 bits per heavy atom. The van der Waals surface area contributed by atoms with Crippen LogP contribution in [-0.2, 0) is 4.79 Å². The summed E-state index contributed by atoms with van der Waals surface area (Å²) in [7, 11) is 0. The molecule has 1 aliphatic heterocycles. The molecule has 0 aliphatic carbocycles. The molecule has 1 unspecified atom stereocenters. The lowest BCUT2D eigenvalue weighted by molar-refractivity contribution is -0.117. The second-order valence-corrected chi connectivity index (χ2v) is 4.88. The average Bonchev–Trinajstić information content (AvgIpc) is 2.60. The van der Waals surface area contributed by atoms with Crippen LogP contribution < -0.4 is 4.90 Å². The molecule has 1 saturated heterocycles. The number of halogens is 1. The molecule has 0 bridgehead atoms. The highest BCUT2D eigenvalue weighted by Gasteiger charge is 2.30. The van der Waals surface area contributed by atoms with Gasteiger partial charge in [-0.1, -0.05) is 6.08 Å². The minimum atomic E-state index is 0.113. The van der Waals surface area contributed by atoms with Crippen molar-refractivity contribution < 1.29 is 4.79 Å². The van der Waals surface area contributed by atoms with Crippen LogP contribution in [0.4, 0.5) is 5.82 Å². The molecule has 1 aromatic heterocycles. The summed E-state index contributed by atoms with van der Waals surface area (Å²) in [5.74, 6) is 1.06. The topological polar surface area (TPSA) is 33.2 Å². The summed E-state index contributed by atoms with van der Waals surface area (Å²) in [6.07, 6.45) is 4.14. The van der Waals surface area contributed by atoms with Crippen molar-refractivity contribution in [2.24, 2.45) is 5.92 Å². The largest absolute Gasteiger partial charge is 0.295 e. The van der Waals surface area contributed by atoms with Crippen molar-refractivity contribution in [3.05, 3.63) is 35.0 Å². The van der Waals surface area contributed by atoms with Crippen LogP contribution in [0.15, 0.2) is 29.4 Å². The number of aryl methyl sites for hydroxylation is 1. The predicted molar refractivity (Wildman–Crippen MR) is 67.3 cm³/mol. The first-order chi connectivity index (χ1) is 7.61. The van der Waals surface area contributed by atoms with Gasteiger partial charge in [-0.2, -0.15) is 0 Å². The summed E-state index contributed by atoms with van der Waals surface area (Å²) in [5.41, 5.74) is 1.07. The van der Waals surface area contributed by atoms with Gasteiger partial charge < -0.3 is 0 Å². The van der Waals surface area contributed by atoms with Gasteiger partial charge in [0.05, 0.1) is 4.47 Å². The highest BCUT2D eigenvalue weighted by Crippen LogP contribution is 2.30. The second kappa shape index (κ2) is 4.37. The molecule has 1 aliphatic rings. The fraction of sp³-hybridized carbons (Fsp3) is 0.333. The number of carbonyl (C=O) groups is 1. The molecule has 1 fully saturated rings. The zero-order valence-corrected chi connectivity index (χ0v) is 10.7. The molecule has 0 radical (unpaired) electrons. The summed E-state index contributed by atoms with van der Waals surface area (Å²) >= 11 is 3.44. The smallest absolute Gasteiger partial charge is 0.228 e. The number of carbonyl (C=O) groups excluding carboxylic acids is 1. The van der Waals surface area contributed by atoms with Gasteiger partial charge in [0.25, 0.3) is 0 Å². The van der Waals surface area contributed by atoms with Crippen LogP contribution in [0.5, 0.6) is 0 Å². The Morgan fingerprint density at radius 1 is 1.69 bits per heavy atom. The van der Waals surface area contributed by atoms with E-state index in [-0.39, 0.29) is 11.8 Å². The highest BCUT2D eigenvalue weighted by molar-refractivity contribution is 9.10. The maximum atomic E-state index is 11.8. The van der Waals surface area contributed by atoms with Gasteiger partial charge in [-0.25, -0.2) is 4.98 Å². The average molecular weight is 281 g/mol. The third-order valence-corrected chi connectivity index (χ3v) is 3.29. The van der Waals surface area contributed by atoms with Crippen LogP contribution in [0.2, 0.25) is 0 Å². The fourth-order valence-electron chi connectivity index (χ4n) is 1.82. The Hall–Kier alpha value is -1.16. The maximum Gasteiger partial charge on any atom is 0.228 e. The molecule has 84 valence electrons. The van der Waals surface area contributed by atoms with Gasteiger partial charge in [0, 0.05) is 25.1 Å². The van der Waals surface area contributed by atoms with Crippen molar-refractivity contribution >= 4 is 27.7 Å². The molecule has 1 amide bonds. The molecule has 4 heteroatoms. The number of aromatic nitrogens is 1. The summed E-state index contributed by atoms with van der Waals surface area (Å²) < 4.78 is 0.866. The van der Waals surface area contributed by atoms with Crippen LogP contribution in [0.1, 0.15) is 12.0 Å². The SMILES string of the molecule is C=CC1CC(=O)N(c2ncc(C)cc2Br)C1. The van der Waals surface area contributed by atoms with Gasteiger partial charge in [0.1, 0.15) is 5.82 Å². The van der Waals surface area contributed by atoms with Crippen LogP contribution in [0.25, 0.3) is 0 Å². The van der Waals surface area contributed by atoms with Crippen LogP contribution in [0.3, 0.4) is 0 Å². The maximum absolute atomic E-state index is 11.8. The molecular formula is C12H13BrN2O. The Kier molecular flexibility index (Phi) is 3.10. The summed E-state index contributed by atoms with van der Waals surface area (Å²) in [6, 6.07) is 1.97. The molecular weight excluding hydrogens is 268 g/mol. The van der Waals surface area contributed by atoms with E-state index in [1.54, 1.807) is 11.1 Å². The molecule has 2 heterocycles. The fourth-order valence-corrected chi connectivity index (χ4v) is 2.50. The lowest BCUT2D eigenvalue weighted by Gasteiger charge is -2.16. The molecule has 0 spiro atoms. The number of pyridine rings is 1. The first-order valence-corrected chi connectivity index (χ1v) is 5.96. The first-order valence-electron chi connectivity index (χ1n) is 5.17. The minimum Gasteiger partial charge on any atom is -0.295 e. The van der Waals surface area contributed by atoms with Gasteiger partial charge >= 0.3 is 0 Å². The van der Waals surface area contributed by atoms with E-state index in [1.807, 2.05) is 19.1 Å². The van der Waals surface area contributed by atoms with Gasteiger partial charge in [0.2, 0.25) is 5.91 Å². The zero-order valence-electron chi connectivity index (χ0n) is 9.11. The molecule has 1 aromatic rings. The van der Waals surface area contributed by atoms with E-state index >= 15 is 0 Å². The van der Waals surface area contributed by atoms with E-state index < -0.39 is 0 Å². The Labute approximate surface area is 103 Å². The molecule has 1 atom stereocenters. The number of rotatable bonds is 2. The molecule has 16 heavy (non-hydrogen) atoms. The first kappa shape index (κ1) is 11.3. The molecule has 0 N–H and O–H groups in total. The lowest BCUT2D eigenvalue weighted by atomic mass is 10.1. The number of amides is 1. The zero-order chi connectivity index (χ0) is 11.7. The Balaban J connectivity index is 2.31. The van der Waals surface area contributed by atoms with Crippen molar-refractivity contribution in [3.63, 3.8) is 0 Å². The lowest BCUT2D eigenvalue weighted by Crippen LogP contribution is -2.25. The van der Waals surface area contributed by atoms with E-state index in [2.05, 4.69) is 27.5 Å². The van der Waals surface area contributed by atoms with Gasteiger partial charge in [-0.3, -0.25) is 9.69 Å². The summed E-state index contributed by atoms with van der Waals surface area (Å²) in [5, 5.41) is 0. The molecule has 2 rings (SSSR count). The van der Waals surface area contributed by atoms with Crippen molar-refractivity contribution in [1.82, 2.24) is 4.98 Å². The number of hydrogen-bond acceptors (Lipinski definition) is 2. The predicted octanol–water partition coefficient (Wildman–Crippen LogP) is 2.69. The van der Waals surface area contributed by atoms with Gasteiger partial charge in [-0.05, 0) is 34.5 Å². The van der Waals surface area contributed by atoms with E-state index in [1.165, 1.54) is 0 Å². The quantitative estimate of drug-likeness (QED) is 0.781. The molecule has 0 saturated carbocycles. The Morgan fingerprint density at radius 3 is 3.00 bits per heavy atom. The van der Waals surface area contributed by atoms with Crippen LogP contribution in [0, 0.1) is 12.8 Å². The third kappa shape index (κ3) is 2.02. The normalized spacial score (nSPS) is 20.2. The number of nitrogens with zero attached hydrogens (tertiary/aromatic N) is 2. The summed E-state index contributed by atoms with van der Waals surface area (Å²) in [4.78, 5) is 17.8. The minimum absolute atomic E-state index is 0.113. The Bertz CT molecular complexity index is 445. The summed E-state index contributed by atoms with van der Waals surface area (Å²) in [6.45, 7) is 6.38. The van der Waals surface area contributed by atoms with Crippen molar-refractivity contribution in [2.45, 2.75) is 13.3 Å². The third-order valence-electron chi connectivity index (χ3n) is 2.70. The van der Waals surface area contributed by atoms with Gasteiger partial charge in [-0.15, -0.1) is 6.58 Å². The van der Waals surface area contributed by atoms with Crippen molar-refractivity contribution in [3.8, 4) is 0 Å². The van der Waals surface area contributed by atoms with Crippen LogP contribution in [-0.4, -0.2) is 17.4 Å². The van der Waals surface area contributed by atoms with E-state index in [9.17, 15) is 4.79 Å². The number of anilines is 1. The van der Waals surface area contributed by atoms with E-state index in [0.29, 0.717) is 18.8 Å². The van der Waals surface area contributed by atoms with Crippen molar-refractivity contribution in [2.75, 3.05) is 11.4 Å². The highest BCUT2D eigenvalue weighted by atomic mass is 79.9.